The Bertz CT molecular complexity index is 1410. The summed E-state index contributed by atoms with van der Waals surface area (Å²) in [6.45, 7) is 4.07. The van der Waals surface area contributed by atoms with E-state index in [0.29, 0.717) is 29.1 Å². The molecule has 0 unspecified atom stereocenters. The van der Waals surface area contributed by atoms with Gasteiger partial charge in [-0.15, -0.1) is 10.2 Å². The monoisotopic (exact) mass is 474 g/mol. The van der Waals surface area contributed by atoms with Crippen LogP contribution < -0.4 is 10.6 Å². The first-order chi connectivity index (χ1) is 16.4. The fraction of sp³-hybridized carbons (Fsp3) is 0.304. The van der Waals surface area contributed by atoms with E-state index in [9.17, 15) is 9.90 Å². The molecule has 0 aliphatic heterocycles. The van der Waals surface area contributed by atoms with Gasteiger partial charge in [0.25, 0.3) is 5.91 Å². The van der Waals surface area contributed by atoms with Crippen molar-refractivity contribution in [2.24, 2.45) is 0 Å². The molecular formula is C23H22N8O2S. The zero-order valence-corrected chi connectivity index (χ0v) is 19.4. The maximum Gasteiger partial charge on any atom is 0.282 e. The number of carbonyl (C=O) groups is 1. The number of rotatable bonds is 6. The molecule has 0 aromatic carbocycles. The Morgan fingerprint density at radius 3 is 2.82 bits per heavy atom. The summed E-state index contributed by atoms with van der Waals surface area (Å²) in [5.41, 5.74) is 4.35. The Labute approximate surface area is 199 Å². The molecule has 3 N–H and O–H groups in total. The molecule has 10 nitrogen and oxygen atoms in total. The van der Waals surface area contributed by atoms with Gasteiger partial charge in [-0.1, -0.05) is 11.3 Å². The molecule has 1 fully saturated rings. The third-order valence-corrected chi connectivity index (χ3v) is 6.49. The number of aliphatic hydroxyl groups excluding tert-OH is 1. The Hall–Kier alpha value is -3.88. The number of carbonyl (C=O) groups excluding carboxylic acids is 1. The molecule has 1 aliphatic rings. The van der Waals surface area contributed by atoms with Crippen LogP contribution >= 0.6 is 11.3 Å². The van der Waals surface area contributed by atoms with Crippen LogP contribution in [0.25, 0.3) is 27.5 Å². The van der Waals surface area contributed by atoms with Crippen molar-refractivity contribution in [2.75, 3.05) is 5.32 Å². The standard InChI is InChI=1S/C23H22N8O2S/c1-12(2)27-18-8-19(20-4-3-15-5-13(9-24)10-26-31(15)20)25-11-17(18)22-29-30-23(34-22)21(33)28-14-6-16(32)7-14/h3-5,8,10-12,14,16,32H,6-7H2,1-2H3,(H,25,27)(H,28,33). The number of aliphatic hydroxyl groups is 1. The summed E-state index contributed by atoms with van der Waals surface area (Å²) in [5, 5.41) is 38.4. The molecule has 1 aliphatic carbocycles. The van der Waals surface area contributed by atoms with E-state index in [4.69, 9.17) is 5.26 Å². The summed E-state index contributed by atoms with van der Waals surface area (Å²) in [6, 6.07) is 9.73. The molecule has 5 rings (SSSR count). The van der Waals surface area contributed by atoms with Gasteiger partial charge in [-0.3, -0.25) is 9.78 Å². The summed E-state index contributed by atoms with van der Waals surface area (Å²) in [4.78, 5) is 17.1. The van der Waals surface area contributed by atoms with Crippen LogP contribution in [0.15, 0.2) is 36.7 Å². The van der Waals surface area contributed by atoms with Crippen LogP contribution in [0.3, 0.4) is 0 Å². The van der Waals surface area contributed by atoms with Gasteiger partial charge in [0.05, 0.1) is 40.3 Å². The van der Waals surface area contributed by atoms with Gasteiger partial charge in [-0.05, 0) is 51.0 Å². The lowest BCUT2D eigenvalue weighted by Gasteiger charge is -2.31. The lowest BCUT2D eigenvalue weighted by atomic mass is 9.89. The predicted molar refractivity (Wildman–Crippen MR) is 127 cm³/mol. The average Bonchev–Trinajstić information content (AvgIpc) is 3.44. The van der Waals surface area contributed by atoms with Crippen molar-refractivity contribution < 1.29 is 9.90 Å². The van der Waals surface area contributed by atoms with Gasteiger partial charge >= 0.3 is 0 Å². The number of hydrogen-bond donors (Lipinski definition) is 3. The molecule has 1 saturated carbocycles. The van der Waals surface area contributed by atoms with E-state index in [0.717, 1.165) is 22.5 Å². The maximum atomic E-state index is 12.5. The fourth-order valence-electron chi connectivity index (χ4n) is 3.83. The van der Waals surface area contributed by atoms with Gasteiger partial charge in [0.1, 0.15) is 6.07 Å². The lowest BCUT2D eigenvalue weighted by Crippen LogP contribution is -2.46. The molecule has 0 bridgehead atoms. The number of amides is 1. The molecule has 34 heavy (non-hydrogen) atoms. The quantitative estimate of drug-likeness (QED) is 0.387. The highest BCUT2D eigenvalue weighted by atomic mass is 32.1. The van der Waals surface area contributed by atoms with Crippen molar-refractivity contribution in [1.82, 2.24) is 30.1 Å². The molecule has 0 atom stereocenters. The van der Waals surface area contributed by atoms with Gasteiger partial charge in [-0.2, -0.15) is 10.4 Å². The molecular weight excluding hydrogens is 452 g/mol. The van der Waals surface area contributed by atoms with Crippen LogP contribution in [0.4, 0.5) is 5.69 Å². The molecule has 0 saturated heterocycles. The second-order valence-electron chi connectivity index (χ2n) is 8.53. The molecule has 4 aromatic rings. The van der Waals surface area contributed by atoms with Crippen molar-refractivity contribution in [1.29, 1.82) is 5.26 Å². The topological polar surface area (TPSA) is 141 Å². The highest BCUT2D eigenvalue weighted by Crippen LogP contribution is 2.34. The number of nitrogens with one attached hydrogen (secondary N) is 2. The number of aromatic nitrogens is 5. The van der Waals surface area contributed by atoms with E-state index >= 15 is 0 Å². The molecule has 1 amide bonds. The number of nitriles is 1. The first kappa shape index (κ1) is 21.9. The second kappa shape index (κ2) is 8.81. The zero-order valence-electron chi connectivity index (χ0n) is 18.6. The summed E-state index contributed by atoms with van der Waals surface area (Å²) < 4.78 is 1.74. The maximum absolute atomic E-state index is 12.5. The van der Waals surface area contributed by atoms with E-state index < -0.39 is 0 Å². The highest BCUT2D eigenvalue weighted by Gasteiger charge is 2.29. The highest BCUT2D eigenvalue weighted by molar-refractivity contribution is 7.16. The Kier molecular flexibility index (Phi) is 5.69. The zero-order chi connectivity index (χ0) is 23.8. The van der Waals surface area contributed by atoms with Crippen LogP contribution in [0.1, 0.15) is 42.1 Å². The minimum atomic E-state index is -0.342. The summed E-state index contributed by atoms with van der Waals surface area (Å²) in [7, 11) is 0. The van der Waals surface area contributed by atoms with Crippen molar-refractivity contribution >= 4 is 28.4 Å². The third kappa shape index (κ3) is 4.21. The first-order valence-corrected chi connectivity index (χ1v) is 11.7. The molecule has 11 heteroatoms. The van der Waals surface area contributed by atoms with E-state index in [1.807, 2.05) is 32.0 Å². The largest absolute Gasteiger partial charge is 0.393 e. The SMILES string of the molecule is CC(C)Nc1cc(-c2ccc3cc(C#N)cnn23)ncc1-c1nnc(C(=O)NC2CC(O)C2)s1. The minimum absolute atomic E-state index is 0.0244. The van der Waals surface area contributed by atoms with Gasteiger partial charge in [0.15, 0.2) is 5.01 Å². The van der Waals surface area contributed by atoms with Gasteiger partial charge in [-0.25, -0.2) is 4.52 Å². The Balaban J connectivity index is 1.47. The second-order valence-corrected chi connectivity index (χ2v) is 9.51. The summed E-state index contributed by atoms with van der Waals surface area (Å²) >= 11 is 1.20. The first-order valence-electron chi connectivity index (χ1n) is 10.9. The lowest BCUT2D eigenvalue weighted by molar-refractivity contribution is 0.0562. The van der Waals surface area contributed by atoms with Crippen molar-refractivity contribution in [3.05, 3.63) is 47.2 Å². The van der Waals surface area contributed by atoms with E-state index in [1.165, 1.54) is 17.5 Å². The smallest absolute Gasteiger partial charge is 0.282 e. The molecule has 0 radical (unpaired) electrons. The van der Waals surface area contributed by atoms with E-state index in [1.54, 1.807) is 16.8 Å². The van der Waals surface area contributed by atoms with Gasteiger partial charge in [0.2, 0.25) is 5.01 Å². The number of nitrogens with zero attached hydrogens (tertiary/aromatic N) is 6. The normalized spacial score (nSPS) is 17.4. The van der Waals surface area contributed by atoms with Crippen LogP contribution in [0, 0.1) is 11.3 Å². The molecule has 4 aromatic heterocycles. The van der Waals surface area contributed by atoms with Crippen molar-refractivity contribution in [3.63, 3.8) is 0 Å². The van der Waals surface area contributed by atoms with Crippen LogP contribution in [-0.2, 0) is 0 Å². The van der Waals surface area contributed by atoms with Gasteiger partial charge in [0, 0.05) is 24.0 Å². The van der Waals surface area contributed by atoms with E-state index in [-0.39, 0.29) is 29.1 Å². The molecule has 172 valence electrons. The van der Waals surface area contributed by atoms with E-state index in [2.05, 4.69) is 37.0 Å². The van der Waals surface area contributed by atoms with Crippen LogP contribution in [0.5, 0.6) is 0 Å². The molecule has 4 heterocycles. The Morgan fingerprint density at radius 2 is 2.09 bits per heavy atom. The third-order valence-electron chi connectivity index (χ3n) is 5.54. The number of anilines is 1. The van der Waals surface area contributed by atoms with Gasteiger partial charge < -0.3 is 15.7 Å². The molecule has 0 spiro atoms. The average molecular weight is 475 g/mol. The summed E-state index contributed by atoms with van der Waals surface area (Å²) in [6.07, 6.45) is 4.02. The number of hydrogen-bond acceptors (Lipinski definition) is 9. The van der Waals surface area contributed by atoms with Crippen molar-refractivity contribution in [2.45, 2.75) is 44.9 Å². The predicted octanol–water partition coefficient (Wildman–Crippen LogP) is 2.86. The van der Waals surface area contributed by atoms with Crippen LogP contribution in [-0.4, -0.2) is 54.0 Å². The number of fused-ring (bicyclic) bond motifs is 1. The van der Waals surface area contributed by atoms with Crippen LogP contribution in [0.2, 0.25) is 0 Å². The minimum Gasteiger partial charge on any atom is -0.393 e. The summed E-state index contributed by atoms with van der Waals surface area (Å²) in [5.74, 6) is -0.286. The number of pyridine rings is 1. The van der Waals surface area contributed by atoms with Crippen molar-refractivity contribution in [3.8, 4) is 28.0 Å². The Morgan fingerprint density at radius 1 is 1.26 bits per heavy atom. The fourth-order valence-corrected chi connectivity index (χ4v) is 4.60.